The maximum absolute atomic E-state index is 13.8. The van der Waals surface area contributed by atoms with E-state index in [0.29, 0.717) is 35.1 Å². The number of morpholine rings is 1. The molecule has 4 rings (SSSR count). The standard InChI is InChI=1S/C21H21FN8O/c22-16-3-1-2-15(10-16)18-14-27-21(28-17-12-25-19(11-23)26-13-17)29-20(18)24-4-5-30-6-8-31-9-7-30/h1-3,10,12-14H,4-9H2,(H2,24,27,28,29). The first-order chi connectivity index (χ1) is 15.2. The molecule has 0 radical (unpaired) electrons. The zero-order chi connectivity index (χ0) is 21.5. The molecule has 0 aliphatic carbocycles. The Morgan fingerprint density at radius 1 is 1.13 bits per heavy atom. The Bertz CT molecular complexity index is 1060. The summed E-state index contributed by atoms with van der Waals surface area (Å²) in [7, 11) is 0. The maximum atomic E-state index is 13.8. The second-order valence-corrected chi connectivity index (χ2v) is 6.88. The van der Waals surface area contributed by atoms with Crippen molar-refractivity contribution in [3.8, 4) is 17.2 Å². The number of nitriles is 1. The van der Waals surface area contributed by atoms with E-state index in [1.165, 1.54) is 24.5 Å². The molecule has 2 N–H and O–H groups in total. The molecule has 0 amide bonds. The van der Waals surface area contributed by atoms with Crippen LogP contribution in [0.5, 0.6) is 0 Å². The van der Waals surface area contributed by atoms with E-state index in [4.69, 9.17) is 10.00 Å². The number of benzene rings is 1. The molecule has 3 aromatic rings. The summed E-state index contributed by atoms with van der Waals surface area (Å²) in [6.07, 6.45) is 4.62. The highest BCUT2D eigenvalue weighted by atomic mass is 19.1. The zero-order valence-electron chi connectivity index (χ0n) is 16.8. The van der Waals surface area contributed by atoms with Gasteiger partial charge in [0.1, 0.15) is 17.7 Å². The summed E-state index contributed by atoms with van der Waals surface area (Å²) >= 11 is 0. The minimum absolute atomic E-state index is 0.0818. The third-order valence-electron chi connectivity index (χ3n) is 4.76. The van der Waals surface area contributed by atoms with Gasteiger partial charge in [0.05, 0.1) is 31.3 Å². The number of nitrogens with one attached hydrogen (secondary N) is 2. The number of ether oxygens (including phenoxy) is 1. The largest absolute Gasteiger partial charge is 0.379 e. The van der Waals surface area contributed by atoms with E-state index < -0.39 is 0 Å². The van der Waals surface area contributed by atoms with Crippen molar-refractivity contribution in [1.29, 1.82) is 5.26 Å². The van der Waals surface area contributed by atoms with E-state index in [2.05, 4.69) is 35.5 Å². The minimum atomic E-state index is -0.325. The van der Waals surface area contributed by atoms with Crippen molar-refractivity contribution >= 4 is 17.5 Å². The highest BCUT2D eigenvalue weighted by molar-refractivity contribution is 5.75. The molecule has 31 heavy (non-hydrogen) atoms. The van der Waals surface area contributed by atoms with Crippen LogP contribution in [0, 0.1) is 17.1 Å². The van der Waals surface area contributed by atoms with Gasteiger partial charge < -0.3 is 15.4 Å². The third-order valence-corrected chi connectivity index (χ3v) is 4.76. The Hall–Kier alpha value is -3.68. The molecule has 1 aliphatic heterocycles. The molecular weight excluding hydrogens is 399 g/mol. The summed E-state index contributed by atoms with van der Waals surface area (Å²) in [4.78, 5) is 19.1. The van der Waals surface area contributed by atoms with Gasteiger partial charge in [-0.25, -0.2) is 19.3 Å². The molecule has 0 spiro atoms. The van der Waals surface area contributed by atoms with E-state index in [9.17, 15) is 4.39 Å². The van der Waals surface area contributed by atoms with Crippen molar-refractivity contribution in [3.05, 3.63) is 54.5 Å². The number of aromatic nitrogens is 4. The second-order valence-electron chi connectivity index (χ2n) is 6.88. The quantitative estimate of drug-likeness (QED) is 0.595. The average molecular weight is 420 g/mol. The van der Waals surface area contributed by atoms with Crippen LogP contribution in [0.3, 0.4) is 0 Å². The number of anilines is 3. The van der Waals surface area contributed by atoms with Crippen LogP contribution < -0.4 is 10.6 Å². The summed E-state index contributed by atoms with van der Waals surface area (Å²) < 4.78 is 19.2. The predicted octanol–water partition coefficient (Wildman–Crippen LogP) is 2.43. The van der Waals surface area contributed by atoms with E-state index in [1.807, 2.05) is 12.1 Å². The van der Waals surface area contributed by atoms with Crippen LogP contribution in [0.4, 0.5) is 21.8 Å². The van der Waals surface area contributed by atoms with Crippen LogP contribution in [-0.2, 0) is 4.74 Å². The van der Waals surface area contributed by atoms with Gasteiger partial charge in [-0.15, -0.1) is 0 Å². The van der Waals surface area contributed by atoms with Gasteiger partial charge in [-0.3, -0.25) is 4.90 Å². The van der Waals surface area contributed by atoms with Crippen LogP contribution in [0.25, 0.3) is 11.1 Å². The smallest absolute Gasteiger partial charge is 0.232 e. The fourth-order valence-electron chi connectivity index (χ4n) is 3.18. The SMILES string of the molecule is N#Cc1ncc(Nc2ncc(-c3cccc(F)c3)c(NCCN3CCOCC3)n2)cn1. The number of rotatable bonds is 7. The van der Waals surface area contributed by atoms with Gasteiger partial charge in [0.15, 0.2) is 0 Å². The van der Waals surface area contributed by atoms with Gasteiger partial charge in [-0.2, -0.15) is 10.2 Å². The first kappa shape index (κ1) is 20.6. The second kappa shape index (κ2) is 9.88. The molecule has 158 valence electrons. The first-order valence-corrected chi connectivity index (χ1v) is 9.87. The van der Waals surface area contributed by atoms with Gasteiger partial charge >= 0.3 is 0 Å². The van der Waals surface area contributed by atoms with Crippen LogP contribution >= 0.6 is 0 Å². The molecule has 1 aliphatic rings. The van der Waals surface area contributed by atoms with Crippen molar-refractivity contribution in [2.75, 3.05) is 50.0 Å². The molecule has 10 heteroatoms. The van der Waals surface area contributed by atoms with Crippen molar-refractivity contribution in [2.45, 2.75) is 0 Å². The van der Waals surface area contributed by atoms with Crippen molar-refractivity contribution in [1.82, 2.24) is 24.8 Å². The molecule has 9 nitrogen and oxygen atoms in total. The Labute approximate surface area is 179 Å². The molecule has 0 saturated carbocycles. The topological polar surface area (TPSA) is 112 Å². The Morgan fingerprint density at radius 3 is 2.68 bits per heavy atom. The number of hydrogen-bond acceptors (Lipinski definition) is 9. The first-order valence-electron chi connectivity index (χ1n) is 9.87. The molecule has 1 fully saturated rings. The van der Waals surface area contributed by atoms with Gasteiger partial charge in [0.25, 0.3) is 0 Å². The lowest BCUT2D eigenvalue weighted by atomic mass is 10.1. The lowest BCUT2D eigenvalue weighted by Crippen LogP contribution is -2.39. The van der Waals surface area contributed by atoms with Crippen LogP contribution in [0.2, 0.25) is 0 Å². The van der Waals surface area contributed by atoms with E-state index in [1.54, 1.807) is 12.3 Å². The van der Waals surface area contributed by atoms with E-state index in [0.717, 1.165) is 32.8 Å². The van der Waals surface area contributed by atoms with Gasteiger partial charge in [0, 0.05) is 37.9 Å². The number of nitrogens with zero attached hydrogens (tertiary/aromatic N) is 6. The van der Waals surface area contributed by atoms with Crippen molar-refractivity contribution in [2.24, 2.45) is 0 Å². The fourth-order valence-corrected chi connectivity index (χ4v) is 3.18. The van der Waals surface area contributed by atoms with Crippen molar-refractivity contribution in [3.63, 3.8) is 0 Å². The van der Waals surface area contributed by atoms with E-state index >= 15 is 0 Å². The molecule has 0 bridgehead atoms. The van der Waals surface area contributed by atoms with Gasteiger partial charge in [0.2, 0.25) is 11.8 Å². The molecule has 0 unspecified atom stereocenters. The molecule has 0 atom stereocenters. The van der Waals surface area contributed by atoms with Crippen LogP contribution in [-0.4, -0.2) is 64.2 Å². The number of halogens is 1. The van der Waals surface area contributed by atoms with Crippen LogP contribution in [0.15, 0.2) is 42.9 Å². The molecular formula is C21H21FN8O. The summed E-state index contributed by atoms with van der Waals surface area (Å²) in [5, 5.41) is 15.2. The minimum Gasteiger partial charge on any atom is -0.379 e. The summed E-state index contributed by atoms with van der Waals surface area (Å²) in [6.45, 7) is 4.77. The van der Waals surface area contributed by atoms with Gasteiger partial charge in [-0.1, -0.05) is 12.1 Å². The molecule has 2 aromatic heterocycles. The maximum Gasteiger partial charge on any atom is 0.232 e. The average Bonchev–Trinajstić information content (AvgIpc) is 2.80. The molecule has 1 aromatic carbocycles. The highest BCUT2D eigenvalue weighted by Gasteiger charge is 2.13. The lowest BCUT2D eigenvalue weighted by Gasteiger charge is -2.26. The van der Waals surface area contributed by atoms with Gasteiger partial charge in [-0.05, 0) is 17.7 Å². The summed E-state index contributed by atoms with van der Waals surface area (Å²) in [6, 6.07) is 8.20. The third kappa shape index (κ3) is 5.48. The van der Waals surface area contributed by atoms with Crippen LogP contribution in [0.1, 0.15) is 5.82 Å². The monoisotopic (exact) mass is 420 g/mol. The fraction of sp³-hybridized carbons (Fsp3) is 0.286. The normalized spacial score (nSPS) is 14.1. The molecule has 1 saturated heterocycles. The Kier molecular flexibility index (Phi) is 6.56. The highest BCUT2D eigenvalue weighted by Crippen LogP contribution is 2.27. The Morgan fingerprint density at radius 2 is 1.94 bits per heavy atom. The number of hydrogen-bond donors (Lipinski definition) is 2. The Balaban J connectivity index is 1.54. The zero-order valence-corrected chi connectivity index (χ0v) is 16.8. The predicted molar refractivity (Wildman–Crippen MR) is 113 cm³/mol. The van der Waals surface area contributed by atoms with E-state index in [-0.39, 0.29) is 11.6 Å². The summed E-state index contributed by atoms with van der Waals surface area (Å²) in [5.41, 5.74) is 1.93. The lowest BCUT2D eigenvalue weighted by molar-refractivity contribution is 0.0398. The molecule has 3 heterocycles. The summed E-state index contributed by atoms with van der Waals surface area (Å²) in [5.74, 6) is 0.681. The van der Waals surface area contributed by atoms with Crippen molar-refractivity contribution < 1.29 is 9.13 Å².